The number of aryl methyl sites for hydroxylation is 1. The van der Waals surface area contributed by atoms with Gasteiger partial charge in [-0.3, -0.25) is 0 Å². The maximum absolute atomic E-state index is 10.9. The number of nitriles is 1. The monoisotopic (exact) mass is 209 g/mol. The molecule has 1 N–H and O–H groups in total. The average molecular weight is 210 g/mol. The zero-order chi connectivity index (χ0) is 10.7. The van der Waals surface area contributed by atoms with Crippen molar-refractivity contribution < 1.29 is 9.90 Å². The van der Waals surface area contributed by atoms with E-state index in [-0.39, 0.29) is 16.1 Å². The van der Waals surface area contributed by atoms with E-state index in [1.807, 2.05) is 13.0 Å². The maximum atomic E-state index is 10.9. The third-order valence-electron chi connectivity index (χ3n) is 1.94. The molecule has 14 heavy (non-hydrogen) atoms. The van der Waals surface area contributed by atoms with E-state index in [1.54, 1.807) is 6.07 Å². The summed E-state index contributed by atoms with van der Waals surface area (Å²) < 4.78 is 0. The lowest BCUT2D eigenvalue weighted by Gasteiger charge is -2.06. The second-order valence-electron chi connectivity index (χ2n) is 2.73. The smallest absolute Gasteiger partial charge is 0.337 e. The van der Waals surface area contributed by atoms with E-state index in [2.05, 4.69) is 0 Å². The molecule has 72 valence electrons. The van der Waals surface area contributed by atoms with Crippen molar-refractivity contribution in [3.05, 3.63) is 33.8 Å². The summed E-state index contributed by atoms with van der Waals surface area (Å²) in [5, 5.41) is 17.6. The number of benzene rings is 1. The minimum absolute atomic E-state index is 0.0272. The molecule has 0 aliphatic carbocycles. The highest BCUT2D eigenvalue weighted by Crippen LogP contribution is 2.24. The number of carboxylic acids is 1. The summed E-state index contributed by atoms with van der Waals surface area (Å²) in [5.74, 6) is -1.09. The Balaban J connectivity index is 3.49. The first-order valence-corrected chi connectivity index (χ1v) is 4.44. The van der Waals surface area contributed by atoms with Gasteiger partial charge in [-0.2, -0.15) is 5.26 Å². The summed E-state index contributed by atoms with van der Waals surface area (Å²) in [7, 11) is 0. The third kappa shape index (κ3) is 1.70. The standard InChI is InChI=1S/C10H8ClNO2/c1-2-6-3-4-7(5-12)9(11)8(6)10(13)14/h3-4H,2H2,1H3,(H,13,14). The van der Waals surface area contributed by atoms with Crippen LogP contribution >= 0.6 is 11.6 Å². The first-order chi connectivity index (χ1) is 6.61. The van der Waals surface area contributed by atoms with Crippen molar-refractivity contribution in [1.82, 2.24) is 0 Å². The van der Waals surface area contributed by atoms with Crippen LogP contribution in [0.4, 0.5) is 0 Å². The second kappa shape index (κ2) is 4.12. The van der Waals surface area contributed by atoms with Crippen LogP contribution in [0.3, 0.4) is 0 Å². The number of aromatic carboxylic acids is 1. The lowest BCUT2D eigenvalue weighted by molar-refractivity contribution is 0.0696. The lowest BCUT2D eigenvalue weighted by atomic mass is 10.0. The summed E-state index contributed by atoms with van der Waals surface area (Å²) >= 11 is 5.78. The van der Waals surface area contributed by atoms with E-state index in [4.69, 9.17) is 22.0 Å². The van der Waals surface area contributed by atoms with Gasteiger partial charge in [-0.1, -0.05) is 24.6 Å². The Morgan fingerprint density at radius 2 is 2.29 bits per heavy atom. The van der Waals surface area contributed by atoms with Crippen molar-refractivity contribution in [2.24, 2.45) is 0 Å². The van der Waals surface area contributed by atoms with Gasteiger partial charge in [0.15, 0.2) is 0 Å². The Morgan fingerprint density at radius 1 is 1.64 bits per heavy atom. The van der Waals surface area contributed by atoms with Crippen LogP contribution < -0.4 is 0 Å². The van der Waals surface area contributed by atoms with Crippen LogP contribution in [-0.4, -0.2) is 11.1 Å². The molecular weight excluding hydrogens is 202 g/mol. The average Bonchev–Trinajstić information content (AvgIpc) is 2.16. The minimum Gasteiger partial charge on any atom is -0.478 e. The molecule has 0 aliphatic rings. The highest BCUT2D eigenvalue weighted by Gasteiger charge is 2.16. The maximum Gasteiger partial charge on any atom is 0.337 e. The molecular formula is C10H8ClNO2. The van der Waals surface area contributed by atoms with Gasteiger partial charge in [0.1, 0.15) is 6.07 Å². The predicted octanol–water partition coefficient (Wildman–Crippen LogP) is 2.47. The molecule has 0 spiro atoms. The number of rotatable bonds is 2. The van der Waals surface area contributed by atoms with Crippen LogP contribution in [0.1, 0.15) is 28.4 Å². The van der Waals surface area contributed by atoms with Crippen molar-refractivity contribution in [2.75, 3.05) is 0 Å². The molecule has 0 unspecified atom stereocenters. The van der Waals surface area contributed by atoms with E-state index in [0.717, 1.165) is 0 Å². The molecule has 0 saturated carbocycles. The van der Waals surface area contributed by atoms with Crippen molar-refractivity contribution in [1.29, 1.82) is 5.26 Å². The Morgan fingerprint density at radius 3 is 2.71 bits per heavy atom. The van der Waals surface area contributed by atoms with E-state index < -0.39 is 5.97 Å². The van der Waals surface area contributed by atoms with E-state index in [0.29, 0.717) is 12.0 Å². The van der Waals surface area contributed by atoms with E-state index in [1.165, 1.54) is 6.07 Å². The van der Waals surface area contributed by atoms with Gasteiger partial charge in [-0.25, -0.2) is 4.79 Å². The Labute approximate surface area is 86.5 Å². The lowest BCUT2D eigenvalue weighted by Crippen LogP contribution is -2.04. The van der Waals surface area contributed by atoms with E-state index >= 15 is 0 Å². The molecule has 4 heteroatoms. The number of hydrogen-bond donors (Lipinski definition) is 1. The number of nitrogens with zero attached hydrogens (tertiary/aromatic N) is 1. The third-order valence-corrected chi connectivity index (χ3v) is 2.34. The molecule has 0 saturated heterocycles. The van der Waals surface area contributed by atoms with Gasteiger partial charge in [-0.15, -0.1) is 0 Å². The number of halogens is 1. The summed E-state index contributed by atoms with van der Waals surface area (Å²) in [5.41, 5.74) is 0.871. The molecule has 1 aromatic carbocycles. The summed E-state index contributed by atoms with van der Waals surface area (Å²) in [6.07, 6.45) is 0.576. The number of carbonyl (C=O) groups is 1. The Kier molecular flexibility index (Phi) is 3.10. The zero-order valence-corrected chi connectivity index (χ0v) is 8.30. The van der Waals surface area contributed by atoms with Gasteiger partial charge < -0.3 is 5.11 Å². The number of carboxylic acid groups (broad SMARTS) is 1. The fourth-order valence-corrected chi connectivity index (χ4v) is 1.54. The molecule has 0 bridgehead atoms. The summed E-state index contributed by atoms with van der Waals surface area (Å²) in [4.78, 5) is 10.9. The van der Waals surface area contributed by atoms with Crippen molar-refractivity contribution in [2.45, 2.75) is 13.3 Å². The van der Waals surface area contributed by atoms with Crippen LogP contribution in [0, 0.1) is 11.3 Å². The van der Waals surface area contributed by atoms with Crippen LogP contribution in [0.2, 0.25) is 5.02 Å². The highest BCUT2D eigenvalue weighted by molar-refractivity contribution is 6.34. The Hall–Kier alpha value is -1.53. The fraction of sp³-hybridized carbons (Fsp3) is 0.200. The number of hydrogen-bond acceptors (Lipinski definition) is 2. The summed E-state index contributed by atoms with van der Waals surface area (Å²) in [6.45, 7) is 1.84. The predicted molar refractivity (Wildman–Crippen MR) is 52.5 cm³/mol. The normalized spacial score (nSPS) is 9.50. The summed E-state index contributed by atoms with van der Waals surface area (Å²) in [6, 6.07) is 5.00. The van der Waals surface area contributed by atoms with Crippen molar-refractivity contribution >= 4 is 17.6 Å². The molecule has 1 rings (SSSR count). The van der Waals surface area contributed by atoms with Crippen LogP contribution in [0.15, 0.2) is 12.1 Å². The van der Waals surface area contributed by atoms with Crippen molar-refractivity contribution in [3.63, 3.8) is 0 Å². The topological polar surface area (TPSA) is 61.1 Å². The molecule has 3 nitrogen and oxygen atoms in total. The molecule has 0 aromatic heterocycles. The molecule has 0 radical (unpaired) electrons. The fourth-order valence-electron chi connectivity index (χ4n) is 1.23. The second-order valence-corrected chi connectivity index (χ2v) is 3.11. The minimum atomic E-state index is -1.09. The van der Waals surface area contributed by atoms with Crippen LogP contribution in [0.25, 0.3) is 0 Å². The SMILES string of the molecule is CCc1ccc(C#N)c(Cl)c1C(=O)O. The first-order valence-electron chi connectivity index (χ1n) is 4.06. The van der Waals surface area contributed by atoms with Gasteiger partial charge in [0, 0.05) is 0 Å². The first kappa shape index (κ1) is 10.6. The van der Waals surface area contributed by atoms with Gasteiger partial charge in [-0.05, 0) is 18.1 Å². The van der Waals surface area contributed by atoms with Gasteiger partial charge >= 0.3 is 5.97 Å². The quantitative estimate of drug-likeness (QED) is 0.814. The zero-order valence-electron chi connectivity index (χ0n) is 7.54. The van der Waals surface area contributed by atoms with Crippen LogP contribution in [0.5, 0.6) is 0 Å². The van der Waals surface area contributed by atoms with Crippen molar-refractivity contribution in [3.8, 4) is 6.07 Å². The molecule has 1 aromatic rings. The highest BCUT2D eigenvalue weighted by atomic mass is 35.5. The van der Waals surface area contributed by atoms with Gasteiger partial charge in [0.05, 0.1) is 16.1 Å². The van der Waals surface area contributed by atoms with Crippen LogP contribution in [-0.2, 0) is 6.42 Å². The molecule has 0 amide bonds. The Bertz CT molecular complexity index is 421. The molecule has 0 heterocycles. The molecule has 0 atom stereocenters. The molecule has 0 aliphatic heterocycles. The largest absolute Gasteiger partial charge is 0.478 e. The van der Waals surface area contributed by atoms with E-state index in [9.17, 15) is 4.79 Å². The van der Waals surface area contributed by atoms with Gasteiger partial charge in [0.2, 0.25) is 0 Å². The van der Waals surface area contributed by atoms with Gasteiger partial charge in [0.25, 0.3) is 0 Å². The molecule has 0 fully saturated rings.